The number of aliphatic hydroxyl groups excluding tert-OH is 1. The highest BCUT2D eigenvalue weighted by atomic mass is 32.1. The van der Waals surface area contributed by atoms with Crippen LogP contribution in [0.4, 0.5) is 17.1 Å². The summed E-state index contributed by atoms with van der Waals surface area (Å²) in [4.78, 5) is 174. The average molecular weight is 1060 g/mol. The van der Waals surface area contributed by atoms with Gasteiger partial charge in [-0.05, 0) is 32.1 Å². The molecule has 404 valence electrons. The zero-order valence-electron chi connectivity index (χ0n) is 40.3. The summed E-state index contributed by atoms with van der Waals surface area (Å²) >= 11 is 4.04. The summed E-state index contributed by atoms with van der Waals surface area (Å²) in [6.45, 7) is 9.04. The van der Waals surface area contributed by atoms with Gasteiger partial charge in [0.2, 0.25) is 53.2 Å². The smallest absolute Gasteiger partial charge is 0.305 e. The molecule has 73 heavy (non-hydrogen) atoms. The summed E-state index contributed by atoms with van der Waals surface area (Å²) < 4.78 is 0. The van der Waals surface area contributed by atoms with Crippen molar-refractivity contribution in [3.63, 3.8) is 0 Å². The lowest BCUT2D eigenvalue weighted by Gasteiger charge is -2.29. The van der Waals surface area contributed by atoms with Crippen LogP contribution < -0.4 is 47.9 Å². The number of non-ortho nitro benzene ring substituents is 2. The molecule has 9 amide bonds. The van der Waals surface area contributed by atoms with E-state index >= 15 is 0 Å². The average Bonchev–Trinajstić information content (AvgIpc) is 3.27. The Hall–Kier alpha value is -8.03. The molecule has 9 atom stereocenters. The number of nitrogens with zero attached hydrogens (tertiary/aromatic N) is 2. The Balaban J connectivity index is 3.27. The van der Waals surface area contributed by atoms with Gasteiger partial charge in [-0.15, -0.1) is 0 Å². The second kappa shape index (κ2) is 29.3. The molecule has 0 bridgehead atoms. The van der Waals surface area contributed by atoms with E-state index in [0.717, 1.165) is 26.0 Å². The summed E-state index contributed by atoms with van der Waals surface area (Å²) in [7, 11) is 0. The predicted octanol–water partition coefficient (Wildman–Crippen LogP) is -3.20. The van der Waals surface area contributed by atoms with Gasteiger partial charge in [0.25, 0.3) is 11.4 Å². The first kappa shape index (κ1) is 63.0. The number of nitro benzene ring substituents is 2. The van der Waals surface area contributed by atoms with Gasteiger partial charge in [-0.2, -0.15) is 12.6 Å². The van der Waals surface area contributed by atoms with Gasteiger partial charge in [-0.3, -0.25) is 77.8 Å². The first-order chi connectivity index (χ1) is 33.8. The highest BCUT2D eigenvalue weighted by molar-refractivity contribution is 7.80. The van der Waals surface area contributed by atoms with Crippen LogP contribution in [0.3, 0.4) is 0 Å². The van der Waals surface area contributed by atoms with Crippen molar-refractivity contribution in [1.29, 1.82) is 0 Å². The van der Waals surface area contributed by atoms with Crippen molar-refractivity contribution < 1.29 is 87.8 Å². The monoisotopic (exact) mass is 1060 g/mol. The molecule has 1 rings (SSSR count). The van der Waals surface area contributed by atoms with E-state index in [1.54, 1.807) is 0 Å². The van der Waals surface area contributed by atoms with Gasteiger partial charge in [-0.25, -0.2) is 0 Å². The van der Waals surface area contributed by atoms with Gasteiger partial charge in [0.05, 0.1) is 40.5 Å². The molecule has 13 N–H and O–H groups in total. The second-order valence-electron chi connectivity index (χ2n) is 16.9. The first-order valence-corrected chi connectivity index (χ1v) is 22.5. The van der Waals surface area contributed by atoms with E-state index in [0.29, 0.717) is 6.07 Å². The van der Waals surface area contributed by atoms with Crippen LogP contribution >= 0.6 is 12.6 Å². The Kier molecular flexibility index (Phi) is 25.3. The zero-order chi connectivity index (χ0) is 56.2. The number of rotatable bonds is 30. The Bertz CT molecular complexity index is 2250. The van der Waals surface area contributed by atoms with E-state index < -0.39 is 184 Å². The molecule has 1 aromatic rings. The van der Waals surface area contributed by atoms with Crippen molar-refractivity contribution in [3.05, 3.63) is 38.4 Å². The molecule has 0 aliphatic carbocycles. The third-order valence-corrected chi connectivity index (χ3v) is 10.4. The summed E-state index contributed by atoms with van der Waals surface area (Å²) in [6, 6.07) is -11.2. The maximum atomic E-state index is 13.8. The number of hydrogen-bond donors (Lipinski definition) is 14. The molecular formula is C41H59N11O20S. The topological polar surface area (TPSA) is 480 Å². The van der Waals surface area contributed by atoms with Crippen LogP contribution in [0.2, 0.25) is 0 Å². The molecular weight excluding hydrogens is 999 g/mol. The minimum Gasteiger partial charge on any atom is -0.481 e. The summed E-state index contributed by atoms with van der Waals surface area (Å²) in [5, 5.41) is 80.9. The number of benzene rings is 1. The van der Waals surface area contributed by atoms with E-state index in [2.05, 4.69) is 55.2 Å². The molecule has 0 unspecified atom stereocenters. The van der Waals surface area contributed by atoms with Gasteiger partial charge in [0.15, 0.2) is 0 Å². The molecule has 0 heterocycles. The van der Waals surface area contributed by atoms with Crippen LogP contribution in [0.5, 0.6) is 0 Å². The van der Waals surface area contributed by atoms with Crippen LogP contribution in [0.25, 0.3) is 0 Å². The number of nitro groups is 2. The van der Waals surface area contributed by atoms with Crippen molar-refractivity contribution in [1.82, 2.24) is 42.5 Å². The number of nitrogens with one attached hydrogen (secondary N) is 9. The zero-order valence-corrected chi connectivity index (χ0v) is 41.2. The van der Waals surface area contributed by atoms with Gasteiger partial charge >= 0.3 is 17.9 Å². The fourth-order valence-corrected chi connectivity index (χ4v) is 6.53. The molecule has 0 saturated heterocycles. The minimum absolute atomic E-state index is 0.351. The quantitative estimate of drug-likeness (QED) is 0.0205. The fourth-order valence-electron chi connectivity index (χ4n) is 6.28. The van der Waals surface area contributed by atoms with E-state index in [9.17, 15) is 93.1 Å². The number of carboxylic acid groups (broad SMARTS) is 3. The normalized spacial score (nSPS) is 14.6. The highest BCUT2D eigenvalue weighted by Crippen LogP contribution is 2.26. The van der Waals surface area contributed by atoms with Gasteiger partial charge in [0.1, 0.15) is 48.3 Å². The lowest BCUT2D eigenvalue weighted by atomic mass is 9.99. The summed E-state index contributed by atoms with van der Waals surface area (Å²) in [5.41, 5.74) is -1.78. The molecule has 0 aromatic heterocycles. The number of anilines is 1. The second-order valence-corrected chi connectivity index (χ2v) is 17.3. The van der Waals surface area contributed by atoms with Crippen molar-refractivity contribution in [3.8, 4) is 0 Å². The van der Waals surface area contributed by atoms with Gasteiger partial charge in [0, 0.05) is 31.2 Å². The molecule has 0 aliphatic heterocycles. The molecule has 1 aromatic carbocycles. The third-order valence-electron chi connectivity index (χ3n) is 10.1. The Morgan fingerprint density at radius 2 is 0.918 bits per heavy atom. The van der Waals surface area contributed by atoms with Crippen LogP contribution in [0, 0.1) is 32.1 Å². The number of thiol groups is 1. The maximum Gasteiger partial charge on any atom is 0.305 e. The standard InChI is InChI=1S/C41H59N11O20S/c1-16(2)31(39(66)42-18(5)34(61)47-27(15-73)38(65)44-21-10-22(51(69)70)12-23(11-21)52(71)72)49-40(67)32(17(3)4)48-37(64)26(14-30(59)60)46-35(62)24(8-9-28(55)56)45-41(68)33(19(6)53)50-36(63)25(13-29(57)58)43-20(7)54/h10-12,16-19,24-27,31-33,53,73H,8-9,13-15H2,1-7H3,(H,42,66)(H,43,54)(H,44,65)(H,45,68)(H,46,62)(H,47,61)(H,48,64)(H,49,67)(H,50,63)(H,55,56)(H,57,58)(H,59,60)/t18-,19+,24-,25-,26-,27-,31-,32-,33-/m0/s1. The maximum absolute atomic E-state index is 13.8. The number of carboxylic acids is 3. The molecule has 31 nitrogen and oxygen atoms in total. The number of carbonyl (C=O) groups excluding carboxylic acids is 9. The summed E-state index contributed by atoms with van der Waals surface area (Å²) in [6.07, 6.45) is -5.42. The van der Waals surface area contributed by atoms with Crippen LogP contribution in [0.1, 0.15) is 74.1 Å². The number of aliphatic hydroxyl groups is 1. The predicted molar refractivity (Wildman–Crippen MR) is 252 cm³/mol. The molecule has 0 spiro atoms. The van der Waals surface area contributed by atoms with Crippen LogP contribution in [-0.4, -0.2) is 162 Å². The fraction of sp³-hybridized carbons (Fsp3) is 0.561. The number of hydrogen-bond acceptors (Lipinski definition) is 18. The third kappa shape index (κ3) is 21.5. The lowest BCUT2D eigenvalue weighted by Crippen LogP contribution is -2.62. The van der Waals surface area contributed by atoms with Gasteiger partial charge < -0.3 is 68.3 Å². The largest absolute Gasteiger partial charge is 0.481 e. The Morgan fingerprint density at radius 3 is 1.33 bits per heavy atom. The molecule has 32 heteroatoms. The van der Waals surface area contributed by atoms with Crippen molar-refractivity contribution >= 4 is 101 Å². The number of amides is 9. The Labute approximate surface area is 420 Å². The van der Waals surface area contributed by atoms with E-state index in [-0.39, 0.29) is 11.4 Å². The Morgan fingerprint density at radius 1 is 0.521 bits per heavy atom. The van der Waals surface area contributed by atoms with Crippen molar-refractivity contribution in [2.24, 2.45) is 11.8 Å². The van der Waals surface area contributed by atoms with E-state index in [1.165, 1.54) is 34.6 Å². The molecule has 0 aliphatic rings. The van der Waals surface area contributed by atoms with Crippen LogP contribution in [0.15, 0.2) is 18.2 Å². The molecule has 0 radical (unpaired) electrons. The van der Waals surface area contributed by atoms with Crippen LogP contribution in [-0.2, 0) is 57.5 Å². The number of aliphatic carboxylic acids is 3. The SMILES string of the molecule is CC(=O)N[C@@H](CC(=O)O)C(=O)N[C@H](C(=O)N[C@@H](CCC(=O)O)C(=O)N[C@@H](CC(=O)O)C(=O)N[C@H](C(=O)N[C@H](C(=O)N[C@@H](C)C(=O)N[C@@H](CS)C(=O)Nc1cc([N+](=O)[O-])cc([N+](=O)[O-])c1)C(C)C)C(C)C)[C@@H](C)O. The molecule has 0 fully saturated rings. The first-order valence-electron chi connectivity index (χ1n) is 21.9. The summed E-state index contributed by atoms with van der Waals surface area (Å²) in [5.74, 6) is -16.6. The van der Waals surface area contributed by atoms with Crippen molar-refractivity contribution in [2.75, 3.05) is 11.1 Å². The minimum atomic E-state index is -2.04. The van der Waals surface area contributed by atoms with E-state index in [1.807, 2.05) is 5.32 Å². The number of carbonyl (C=O) groups is 12. The lowest BCUT2D eigenvalue weighted by molar-refractivity contribution is -0.394. The highest BCUT2D eigenvalue weighted by Gasteiger charge is 2.37. The van der Waals surface area contributed by atoms with Gasteiger partial charge in [-0.1, -0.05) is 27.7 Å². The van der Waals surface area contributed by atoms with E-state index in [4.69, 9.17) is 5.11 Å². The molecule has 0 saturated carbocycles. The van der Waals surface area contributed by atoms with Crippen molar-refractivity contribution in [2.45, 2.75) is 129 Å².